The summed E-state index contributed by atoms with van der Waals surface area (Å²) in [5.41, 5.74) is 1.52. The van der Waals surface area contributed by atoms with Gasteiger partial charge in [0, 0.05) is 24.7 Å². The minimum atomic E-state index is -0.297. The largest absolute Gasteiger partial charge is 0.463 e. The van der Waals surface area contributed by atoms with Crippen LogP contribution in [0.3, 0.4) is 0 Å². The highest BCUT2D eigenvalue weighted by molar-refractivity contribution is 5.93. The van der Waals surface area contributed by atoms with E-state index < -0.39 is 0 Å². The van der Waals surface area contributed by atoms with Gasteiger partial charge in [-0.05, 0) is 38.1 Å². The summed E-state index contributed by atoms with van der Waals surface area (Å²) in [6, 6.07) is 11.1. The first kappa shape index (κ1) is 17.1. The van der Waals surface area contributed by atoms with E-state index in [1.54, 1.807) is 29.5 Å². The molecule has 1 amide bonds. The fraction of sp³-hybridized carbons (Fsp3) is 0.250. The van der Waals surface area contributed by atoms with Crippen molar-refractivity contribution in [1.82, 2.24) is 18.9 Å². The highest BCUT2D eigenvalue weighted by Gasteiger charge is 2.18. The number of para-hydroxylation sites is 1. The number of carbonyl (C=O) groups is 1. The van der Waals surface area contributed by atoms with Crippen LogP contribution >= 0.6 is 0 Å². The van der Waals surface area contributed by atoms with Crippen LogP contribution in [0.15, 0.2) is 58.1 Å². The Labute approximate surface area is 155 Å². The summed E-state index contributed by atoms with van der Waals surface area (Å²) in [6.45, 7) is 5.06. The number of rotatable bonds is 5. The molecule has 0 bridgehead atoms. The number of hydrogen-bond donors (Lipinski definition) is 0. The number of amides is 1. The third kappa shape index (κ3) is 2.81. The standard InChI is InChI=1S/C20H20N4O3/c1-3-22(4-2)18(25)13-23-16-9-6-5-8-14(16)19-21-15(12-24(19)20(23)26)17-10-7-11-27-17/h5-12H,3-4,13H2,1-2H3. The lowest BCUT2D eigenvalue weighted by Crippen LogP contribution is -2.37. The van der Waals surface area contributed by atoms with Crippen LogP contribution in [0.2, 0.25) is 0 Å². The van der Waals surface area contributed by atoms with Crippen molar-refractivity contribution in [3.8, 4) is 11.5 Å². The molecule has 0 fully saturated rings. The maximum Gasteiger partial charge on any atom is 0.334 e. The predicted octanol–water partition coefficient (Wildman–Crippen LogP) is 2.78. The molecule has 3 heterocycles. The molecule has 0 saturated heterocycles. The van der Waals surface area contributed by atoms with Gasteiger partial charge < -0.3 is 9.32 Å². The lowest BCUT2D eigenvalue weighted by atomic mass is 10.2. The number of hydrogen-bond acceptors (Lipinski definition) is 4. The number of aromatic nitrogens is 3. The van der Waals surface area contributed by atoms with Gasteiger partial charge in [-0.2, -0.15) is 0 Å². The molecular formula is C20H20N4O3. The Kier molecular flexibility index (Phi) is 4.27. The maximum atomic E-state index is 13.1. The van der Waals surface area contributed by atoms with Crippen molar-refractivity contribution in [1.29, 1.82) is 0 Å². The quantitative estimate of drug-likeness (QED) is 0.546. The average Bonchev–Trinajstić information content (AvgIpc) is 3.35. The monoisotopic (exact) mass is 364 g/mol. The van der Waals surface area contributed by atoms with Gasteiger partial charge in [-0.25, -0.2) is 9.78 Å². The molecular weight excluding hydrogens is 344 g/mol. The van der Waals surface area contributed by atoms with Crippen molar-refractivity contribution in [2.75, 3.05) is 13.1 Å². The molecule has 0 aliphatic carbocycles. The number of fused-ring (bicyclic) bond motifs is 3. The fourth-order valence-corrected chi connectivity index (χ4v) is 3.35. The zero-order chi connectivity index (χ0) is 19.0. The Hall–Kier alpha value is -3.35. The van der Waals surface area contributed by atoms with Crippen LogP contribution in [0.1, 0.15) is 13.8 Å². The molecule has 138 valence electrons. The highest BCUT2D eigenvalue weighted by Crippen LogP contribution is 2.23. The lowest BCUT2D eigenvalue weighted by Gasteiger charge is -2.20. The number of furan rings is 1. The molecule has 7 heteroatoms. The number of imidazole rings is 1. The third-order valence-corrected chi connectivity index (χ3v) is 4.76. The summed E-state index contributed by atoms with van der Waals surface area (Å²) in [6.07, 6.45) is 3.22. The van der Waals surface area contributed by atoms with Crippen molar-refractivity contribution in [3.63, 3.8) is 0 Å². The van der Waals surface area contributed by atoms with E-state index in [9.17, 15) is 9.59 Å². The van der Waals surface area contributed by atoms with Crippen molar-refractivity contribution in [2.45, 2.75) is 20.4 Å². The smallest absolute Gasteiger partial charge is 0.334 e. The Morgan fingerprint density at radius 3 is 2.63 bits per heavy atom. The summed E-state index contributed by atoms with van der Waals surface area (Å²) < 4.78 is 8.40. The Bertz CT molecular complexity index is 1170. The van der Waals surface area contributed by atoms with E-state index >= 15 is 0 Å². The zero-order valence-electron chi connectivity index (χ0n) is 15.3. The molecule has 1 aromatic carbocycles. The van der Waals surface area contributed by atoms with E-state index in [4.69, 9.17) is 4.42 Å². The lowest BCUT2D eigenvalue weighted by molar-refractivity contribution is -0.131. The number of benzene rings is 1. The zero-order valence-corrected chi connectivity index (χ0v) is 15.3. The second-order valence-corrected chi connectivity index (χ2v) is 6.25. The van der Waals surface area contributed by atoms with Gasteiger partial charge in [-0.15, -0.1) is 0 Å². The van der Waals surface area contributed by atoms with E-state index in [1.165, 1.54) is 8.97 Å². The summed E-state index contributed by atoms with van der Waals surface area (Å²) in [4.78, 5) is 32.1. The molecule has 0 aliphatic rings. The molecule has 0 atom stereocenters. The van der Waals surface area contributed by atoms with E-state index in [0.29, 0.717) is 35.7 Å². The molecule has 3 aromatic heterocycles. The molecule has 0 aliphatic heterocycles. The summed E-state index contributed by atoms with van der Waals surface area (Å²) in [5, 5.41) is 0.808. The van der Waals surface area contributed by atoms with Crippen molar-refractivity contribution < 1.29 is 9.21 Å². The van der Waals surface area contributed by atoms with Crippen LogP contribution in [-0.4, -0.2) is 37.8 Å². The van der Waals surface area contributed by atoms with E-state index in [-0.39, 0.29) is 18.1 Å². The number of likely N-dealkylation sites (N-methyl/N-ethyl adjacent to an activating group) is 1. The molecule has 27 heavy (non-hydrogen) atoms. The predicted molar refractivity (Wildman–Crippen MR) is 103 cm³/mol. The van der Waals surface area contributed by atoms with Crippen LogP contribution < -0.4 is 5.69 Å². The molecule has 7 nitrogen and oxygen atoms in total. The van der Waals surface area contributed by atoms with Gasteiger partial charge in [0.1, 0.15) is 12.2 Å². The minimum Gasteiger partial charge on any atom is -0.463 e. The first-order valence-electron chi connectivity index (χ1n) is 8.96. The van der Waals surface area contributed by atoms with Crippen LogP contribution in [0, 0.1) is 0 Å². The maximum absolute atomic E-state index is 13.1. The second kappa shape index (κ2) is 6.75. The van der Waals surface area contributed by atoms with Crippen LogP contribution in [0.5, 0.6) is 0 Å². The Balaban J connectivity index is 1.94. The topological polar surface area (TPSA) is 72.8 Å². The molecule has 0 unspecified atom stereocenters. The van der Waals surface area contributed by atoms with E-state index in [2.05, 4.69) is 4.98 Å². The molecule has 4 rings (SSSR count). The van der Waals surface area contributed by atoms with Crippen molar-refractivity contribution in [2.24, 2.45) is 0 Å². The van der Waals surface area contributed by atoms with Crippen LogP contribution in [0.25, 0.3) is 28.0 Å². The van der Waals surface area contributed by atoms with Gasteiger partial charge in [-0.1, -0.05) is 12.1 Å². The first-order valence-corrected chi connectivity index (χ1v) is 8.96. The van der Waals surface area contributed by atoms with Gasteiger partial charge in [0.25, 0.3) is 0 Å². The molecule has 0 spiro atoms. The van der Waals surface area contributed by atoms with E-state index in [1.807, 2.05) is 38.1 Å². The summed E-state index contributed by atoms with van der Waals surface area (Å²) in [7, 11) is 0. The highest BCUT2D eigenvalue weighted by atomic mass is 16.3. The van der Waals surface area contributed by atoms with Crippen LogP contribution in [0.4, 0.5) is 0 Å². The molecule has 0 N–H and O–H groups in total. The Morgan fingerprint density at radius 1 is 1.15 bits per heavy atom. The number of carbonyl (C=O) groups excluding carboxylic acids is 1. The summed E-state index contributed by atoms with van der Waals surface area (Å²) in [5.74, 6) is 0.505. The minimum absolute atomic E-state index is 0.00870. The van der Waals surface area contributed by atoms with Crippen molar-refractivity contribution >= 4 is 22.5 Å². The van der Waals surface area contributed by atoms with Gasteiger partial charge in [0.2, 0.25) is 5.91 Å². The van der Waals surface area contributed by atoms with Gasteiger partial charge in [0.15, 0.2) is 11.4 Å². The van der Waals surface area contributed by atoms with Gasteiger partial charge in [0.05, 0.1) is 11.8 Å². The van der Waals surface area contributed by atoms with Crippen LogP contribution in [-0.2, 0) is 11.3 Å². The Morgan fingerprint density at radius 2 is 1.93 bits per heavy atom. The third-order valence-electron chi connectivity index (χ3n) is 4.76. The average molecular weight is 364 g/mol. The first-order chi connectivity index (χ1) is 13.1. The normalized spacial score (nSPS) is 11.3. The molecule has 4 aromatic rings. The SMILES string of the molecule is CCN(CC)C(=O)Cn1c(=O)n2cc(-c3ccco3)nc2c2ccccc21. The molecule has 0 saturated carbocycles. The van der Waals surface area contributed by atoms with Gasteiger partial charge >= 0.3 is 5.69 Å². The molecule has 0 radical (unpaired) electrons. The summed E-state index contributed by atoms with van der Waals surface area (Å²) >= 11 is 0. The fourth-order valence-electron chi connectivity index (χ4n) is 3.35. The van der Waals surface area contributed by atoms with Gasteiger partial charge in [-0.3, -0.25) is 13.8 Å². The number of nitrogens with zero attached hydrogens (tertiary/aromatic N) is 4. The van der Waals surface area contributed by atoms with Crippen molar-refractivity contribution in [3.05, 3.63) is 59.3 Å². The van der Waals surface area contributed by atoms with E-state index in [0.717, 1.165) is 5.39 Å². The second-order valence-electron chi connectivity index (χ2n) is 6.25.